The van der Waals surface area contributed by atoms with Crippen LogP contribution in [0.1, 0.15) is 61.3 Å². The highest BCUT2D eigenvalue weighted by Gasteiger charge is 2.34. The molecule has 1 saturated carbocycles. The number of carbonyl (C=O) groups excluding carboxylic acids is 2. The van der Waals surface area contributed by atoms with Crippen molar-refractivity contribution in [2.24, 2.45) is 0 Å². The molecule has 218 valence electrons. The largest absolute Gasteiger partial charge is 0.352 e. The summed E-state index contributed by atoms with van der Waals surface area (Å²) in [4.78, 5) is 29.4. The number of carbonyl (C=O) groups is 2. The Balaban J connectivity index is 1.72. The third kappa shape index (κ3) is 7.36. The predicted octanol–water partition coefficient (Wildman–Crippen LogP) is 5.67. The average molecular weight is 576 g/mol. The Bertz CT molecular complexity index is 1470. The molecular formula is C33H41N3O4S. The Kier molecular flexibility index (Phi) is 9.86. The minimum atomic E-state index is -4.08. The zero-order chi connectivity index (χ0) is 29.6. The lowest BCUT2D eigenvalue weighted by Crippen LogP contribution is -2.53. The van der Waals surface area contributed by atoms with Gasteiger partial charge < -0.3 is 10.2 Å². The standard InChI is InChI=1S/C33H41N3O4S/c1-5-31(33(38)34-28-14-9-10-15-28)35(22-27-13-11-12-24(2)20-27)32(37)23-36(29-19-18-25(3)26(4)21-29)41(39,40)30-16-7-6-8-17-30/h6-8,11-13,16-21,28,31H,5,9-10,14-15,22-23H2,1-4H3,(H,34,38). The van der Waals surface area contributed by atoms with Gasteiger partial charge in [0, 0.05) is 12.6 Å². The molecule has 7 nitrogen and oxygen atoms in total. The van der Waals surface area contributed by atoms with Crippen molar-refractivity contribution in [3.8, 4) is 0 Å². The lowest BCUT2D eigenvalue weighted by Gasteiger charge is -2.34. The van der Waals surface area contributed by atoms with Crippen molar-refractivity contribution in [1.29, 1.82) is 0 Å². The number of benzene rings is 3. The molecule has 0 saturated heterocycles. The first-order valence-corrected chi connectivity index (χ1v) is 15.8. The van der Waals surface area contributed by atoms with Crippen LogP contribution in [0.3, 0.4) is 0 Å². The number of nitrogens with zero attached hydrogens (tertiary/aromatic N) is 2. The third-order valence-corrected chi connectivity index (χ3v) is 9.70. The molecular weight excluding hydrogens is 534 g/mol. The van der Waals surface area contributed by atoms with Gasteiger partial charge in [0.2, 0.25) is 11.8 Å². The summed E-state index contributed by atoms with van der Waals surface area (Å²) in [5, 5.41) is 3.15. The van der Waals surface area contributed by atoms with Crippen LogP contribution in [0.15, 0.2) is 77.7 Å². The number of hydrogen-bond donors (Lipinski definition) is 1. The highest BCUT2D eigenvalue weighted by atomic mass is 32.2. The van der Waals surface area contributed by atoms with Gasteiger partial charge in [0.05, 0.1) is 10.6 Å². The second kappa shape index (κ2) is 13.3. The molecule has 1 N–H and O–H groups in total. The number of anilines is 1. The molecule has 1 atom stereocenters. The summed E-state index contributed by atoms with van der Waals surface area (Å²) in [7, 11) is -4.08. The molecule has 0 aliphatic heterocycles. The van der Waals surface area contributed by atoms with Gasteiger partial charge in [-0.1, -0.05) is 73.9 Å². The summed E-state index contributed by atoms with van der Waals surface area (Å²) in [6.45, 7) is 7.50. The fraction of sp³-hybridized carbons (Fsp3) is 0.394. The van der Waals surface area contributed by atoms with E-state index in [1.807, 2.05) is 58.0 Å². The molecule has 0 heterocycles. The minimum absolute atomic E-state index is 0.0993. The van der Waals surface area contributed by atoms with Crippen molar-refractivity contribution < 1.29 is 18.0 Å². The molecule has 41 heavy (non-hydrogen) atoms. The van der Waals surface area contributed by atoms with E-state index < -0.39 is 28.5 Å². The normalized spacial score (nSPS) is 14.4. The summed E-state index contributed by atoms with van der Waals surface area (Å²) < 4.78 is 29.1. The maximum atomic E-state index is 14.2. The van der Waals surface area contributed by atoms with Crippen LogP contribution in [0.25, 0.3) is 0 Å². The topological polar surface area (TPSA) is 86.8 Å². The molecule has 3 aromatic carbocycles. The zero-order valence-corrected chi connectivity index (χ0v) is 25.3. The van der Waals surface area contributed by atoms with Gasteiger partial charge in [-0.15, -0.1) is 0 Å². The van der Waals surface area contributed by atoms with Crippen molar-refractivity contribution in [1.82, 2.24) is 10.2 Å². The quantitative estimate of drug-likeness (QED) is 0.319. The lowest BCUT2D eigenvalue weighted by atomic mass is 10.1. The van der Waals surface area contributed by atoms with Gasteiger partial charge in [0.1, 0.15) is 12.6 Å². The van der Waals surface area contributed by atoms with Crippen LogP contribution in [-0.2, 0) is 26.2 Å². The summed E-state index contributed by atoms with van der Waals surface area (Å²) in [5.74, 6) is -0.623. The maximum absolute atomic E-state index is 14.2. The van der Waals surface area contributed by atoms with Gasteiger partial charge in [0.15, 0.2) is 0 Å². The van der Waals surface area contributed by atoms with Crippen LogP contribution in [0.4, 0.5) is 5.69 Å². The van der Waals surface area contributed by atoms with Gasteiger partial charge in [-0.3, -0.25) is 13.9 Å². The van der Waals surface area contributed by atoms with E-state index in [4.69, 9.17) is 0 Å². The van der Waals surface area contributed by atoms with E-state index in [1.165, 1.54) is 16.4 Å². The highest BCUT2D eigenvalue weighted by Crippen LogP contribution is 2.27. The smallest absolute Gasteiger partial charge is 0.264 e. The monoisotopic (exact) mass is 575 g/mol. The van der Waals surface area contributed by atoms with E-state index in [0.717, 1.165) is 47.9 Å². The van der Waals surface area contributed by atoms with E-state index in [-0.39, 0.29) is 23.4 Å². The Labute approximate surface area is 244 Å². The lowest BCUT2D eigenvalue weighted by molar-refractivity contribution is -0.140. The zero-order valence-electron chi connectivity index (χ0n) is 24.5. The average Bonchev–Trinajstić information content (AvgIpc) is 3.46. The Hall–Kier alpha value is -3.65. The molecule has 0 bridgehead atoms. The van der Waals surface area contributed by atoms with Gasteiger partial charge in [0.25, 0.3) is 10.0 Å². The number of sulfonamides is 1. The SMILES string of the molecule is CCC(C(=O)NC1CCCC1)N(Cc1cccc(C)c1)C(=O)CN(c1ccc(C)c(C)c1)S(=O)(=O)c1ccccc1. The molecule has 0 spiro atoms. The summed E-state index contributed by atoms with van der Waals surface area (Å²) in [6.07, 6.45) is 4.44. The number of hydrogen-bond acceptors (Lipinski definition) is 4. The highest BCUT2D eigenvalue weighted by molar-refractivity contribution is 7.92. The Morgan fingerprint density at radius 2 is 1.61 bits per heavy atom. The van der Waals surface area contributed by atoms with E-state index in [1.54, 1.807) is 35.2 Å². The molecule has 4 rings (SSSR count). The summed E-state index contributed by atoms with van der Waals surface area (Å²) >= 11 is 0. The number of nitrogens with one attached hydrogen (secondary N) is 1. The molecule has 0 radical (unpaired) electrons. The van der Waals surface area contributed by atoms with Gasteiger partial charge in [-0.05, 0) is 81.0 Å². The van der Waals surface area contributed by atoms with Crippen molar-refractivity contribution in [3.05, 3.63) is 95.1 Å². The van der Waals surface area contributed by atoms with Crippen molar-refractivity contribution in [3.63, 3.8) is 0 Å². The van der Waals surface area contributed by atoms with E-state index >= 15 is 0 Å². The van der Waals surface area contributed by atoms with Gasteiger partial charge in [-0.2, -0.15) is 0 Å². The fourth-order valence-electron chi connectivity index (χ4n) is 5.42. The fourth-order valence-corrected chi connectivity index (χ4v) is 6.85. The molecule has 1 aliphatic carbocycles. The predicted molar refractivity (Wildman–Crippen MR) is 163 cm³/mol. The van der Waals surface area contributed by atoms with E-state index in [9.17, 15) is 18.0 Å². The summed E-state index contributed by atoms with van der Waals surface area (Å²) in [6, 6.07) is 20.7. The number of amides is 2. The van der Waals surface area contributed by atoms with Crippen LogP contribution in [0, 0.1) is 20.8 Å². The third-order valence-electron chi connectivity index (χ3n) is 7.91. The van der Waals surface area contributed by atoms with Crippen LogP contribution >= 0.6 is 0 Å². The first kappa shape index (κ1) is 30.3. The van der Waals surface area contributed by atoms with Crippen molar-refractivity contribution in [2.45, 2.75) is 83.3 Å². The molecule has 1 fully saturated rings. The van der Waals surface area contributed by atoms with Gasteiger partial charge >= 0.3 is 0 Å². The first-order chi connectivity index (χ1) is 19.6. The first-order valence-electron chi connectivity index (χ1n) is 14.4. The Morgan fingerprint density at radius 1 is 0.902 bits per heavy atom. The van der Waals surface area contributed by atoms with E-state index in [2.05, 4.69) is 5.32 Å². The molecule has 2 amide bonds. The molecule has 1 aliphatic rings. The number of aryl methyl sites for hydroxylation is 3. The van der Waals surface area contributed by atoms with Crippen LogP contribution in [-0.4, -0.2) is 43.8 Å². The molecule has 3 aromatic rings. The Morgan fingerprint density at radius 3 is 2.24 bits per heavy atom. The maximum Gasteiger partial charge on any atom is 0.264 e. The summed E-state index contributed by atoms with van der Waals surface area (Å²) in [5.41, 5.74) is 4.27. The van der Waals surface area contributed by atoms with Gasteiger partial charge in [-0.25, -0.2) is 8.42 Å². The van der Waals surface area contributed by atoms with Crippen LogP contribution in [0.5, 0.6) is 0 Å². The second-order valence-corrected chi connectivity index (χ2v) is 12.9. The van der Waals surface area contributed by atoms with Crippen molar-refractivity contribution in [2.75, 3.05) is 10.8 Å². The molecule has 8 heteroatoms. The molecule has 0 aromatic heterocycles. The van der Waals surface area contributed by atoms with E-state index in [0.29, 0.717) is 12.1 Å². The minimum Gasteiger partial charge on any atom is -0.352 e. The molecule has 1 unspecified atom stereocenters. The number of rotatable bonds is 11. The second-order valence-electron chi connectivity index (χ2n) is 11.0. The van der Waals surface area contributed by atoms with Crippen LogP contribution < -0.4 is 9.62 Å². The van der Waals surface area contributed by atoms with Crippen molar-refractivity contribution >= 4 is 27.5 Å². The van der Waals surface area contributed by atoms with Crippen LogP contribution in [0.2, 0.25) is 0 Å².